The number of anilines is 1. The summed E-state index contributed by atoms with van der Waals surface area (Å²) in [6, 6.07) is 3.92. The van der Waals surface area contributed by atoms with Gasteiger partial charge in [-0.05, 0) is 31.4 Å². The Labute approximate surface area is 115 Å². The van der Waals surface area contributed by atoms with Gasteiger partial charge < -0.3 is 10.4 Å². The summed E-state index contributed by atoms with van der Waals surface area (Å²) < 4.78 is 0. The molecular formula is C12H16N2O4S. The Morgan fingerprint density at radius 2 is 2.26 bits per heavy atom. The van der Waals surface area contributed by atoms with Gasteiger partial charge in [-0.2, -0.15) is 11.8 Å². The molecule has 0 aliphatic carbocycles. The highest BCUT2D eigenvalue weighted by atomic mass is 32.2. The van der Waals surface area contributed by atoms with Crippen LogP contribution in [0.3, 0.4) is 0 Å². The predicted molar refractivity (Wildman–Crippen MR) is 76.1 cm³/mol. The number of nitrogens with one attached hydrogen (secondary N) is 1. The second-order valence-electron chi connectivity index (χ2n) is 4.12. The van der Waals surface area contributed by atoms with E-state index in [-0.39, 0.29) is 17.3 Å². The van der Waals surface area contributed by atoms with Crippen molar-refractivity contribution >= 4 is 29.1 Å². The Morgan fingerprint density at radius 3 is 2.79 bits per heavy atom. The van der Waals surface area contributed by atoms with Gasteiger partial charge >= 0.3 is 5.97 Å². The molecule has 0 aliphatic rings. The minimum atomic E-state index is -1.18. The molecule has 0 bridgehead atoms. The Bertz CT molecular complexity index is 479. The first-order valence-corrected chi connectivity index (χ1v) is 7.12. The molecule has 1 rings (SSSR count). The molecule has 0 radical (unpaired) electrons. The van der Waals surface area contributed by atoms with Crippen molar-refractivity contribution < 1.29 is 14.8 Å². The molecule has 0 saturated carbocycles. The quantitative estimate of drug-likeness (QED) is 0.591. The summed E-state index contributed by atoms with van der Waals surface area (Å²) in [6.45, 7) is 1.95. The minimum absolute atomic E-state index is 0.0785. The molecule has 0 aromatic heterocycles. The van der Waals surface area contributed by atoms with Gasteiger partial charge in [0.25, 0.3) is 5.69 Å². The third kappa shape index (κ3) is 4.44. The zero-order valence-corrected chi connectivity index (χ0v) is 11.6. The van der Waals surface area contributed by atoms with Crippen molar-refractivity contribution in [2.24, 2.45) is 0 Å². The molecule has 1 unspecified atom stereocenters. The molecule has 0 saturated heterocycles. The zero-order chi connectivity index (χ0) is 14.4. The van der Waals surface area contributed by atoms with E-state index in [1.54, 1.807) is 11.8 Å². The first-order chi connectivity index (χ1) is 8.95. The fraction of sp³-hybridized carbons (Fsp3) is 0.417. The van der Waals surface area contributed by atoms with Gasteiger partial charge in [0.2, 0.25) is 0 Å². The molecule has 104 valence electrons. The molecule has 2 N–H and O–H groups in total. The maximum Gasteiger partial charge on any atom is 0.338 e. The lowest BCUT2D eigenvalue weighted by atomic mass is 10.1. The lowest BCUT2D eigenvalue weighted by molar-refractivity contribution is -0.384. The standard InChI is InChI=1S/C12H16N2O4S/c1-8(5-6-19-2)13-11-4-3-9(14(17)18)7-10(11)12(15)16/h3-4,7-8,13H,5-6H2,1-2H3,(H,15,16). The highest BCUT2D eigenvalue weighted by Gasteiger charge is 2.16. The largest absolute Gasteiger partial charge is 0.478 e. The molecular weight excluding hydrogens is 268 g/mol. The number of non-ortho nitro benzene ring substituents is 1. The molecule has 6 nitrogen and oxygen atoms in total. The average Bonchev–Trinajstić information content (AvgIpc) is 2.36. The Kier molecular flexibility index (Phi) is 5.62. The van der Waals surface area contributed by atoms with Crippen LogP contribution in [0, 0.1) is 10.1 Å². The number of nitro benzene ring substituents is 1. The van der Waals surface area contributed by atoms with Crippen LogP contribution in [0.15, 0.2) is 18.2 Å². The van der Waals surface area contributed by atoms with Crippen LogP contribution < -0.4 is 5.32 Å². The normalized spacial score (nSPS) is 11.9. The molecule has 0 heterocycles. The summed E-state index contributed by atoms with van der Waals surface area (Å²) in [6.07, 6.45) is 2.89. The topological polar surface area (TPSA) is 92.5 Å². The SMILES string of the molecule is CSCCC(C)Nc1ccc([N+](=O)[O-])cc1C(=O)O. The van der Waals surface area contributed by atoms with Crippen molar-refractivity contribution in [3.63, 3.8) is 0 Å². The minimum Gasteiger partial charge on any atom is -0.478 e. The average molecular weight is 284 g/mol. The van der Waals surface area contributed by atoms with Crippen LogP contribution in [-0.4, -0.2) is 34.0 Å². The molecule has 19 heavy (non-hydrogen) atoms. The van der Waals surface area contributed by atoms with Crippen molar-refractivity contribution in [1.29, 1.82) is 0 Å². The third-order valence-electron chi connectivity index (χ3n) is 2.60. The van der Waals surface area contributed by atoms with Gasteiger partial charge in [0.15, 0.2) is 0 Å². The van der Waals surface area contributed by atoms with Crippen molar-refractivity contribution in [2.45, 2.75) is 19.4 Å². The van der Waals surface area contributed by atoms with E-state index in [0.29, 0.717) is 5.69 Å². The first-order valence-electron chi connectivity index (χ1n) is 5.73. The highest BCUT2D eigenvalue weighted by molar-refractivity contribution is 7.98. The summed E-state index contributed by atoms with van der Waals surface area (Å²) in [5, 5.41) is 22.8. The summed E-state index contributed by atoms with van der Waals surface area (Å²) in [7, 11) is 0. The van der Waals surface area contributed by atoms with E-state index in [4.69, 9.17) is 5.11 Å². The molecule has 1 atom stereocenters. The molecule has 1 aromatic rings. The van der Waals surface area contributed by atoms with Crippen LogP contribution in [-0.2, 0) is 0 Å². The Morgan fingerprint density at radius 1 is 1.58 bits per heavy atom. The van der Waals surface area contributed by atoms with E-state index in [2.05, 4.69) is 5.32 Å². The number of hydrogen-bond acceptors (Lipinski definition) is 5. The predicted octanol–water partition coefficient (Wildman–Crippen LogP) is 2.85. The summed E-state index contributed by atoms with van der Waals surface area (Å²) >= 11 is 1.71. The first kappa shape index (κ1) is 15.3. The van der Waals surface area contributed by atoms with E-state index in [1.807, 2.05) is 13.2 Å². The lowest BCUT2D eigenvalue weighted by Gasteiger charge is -2.16. The number of nitro groups is 1. The van der Waals surface area contributed by atoms with Crippen LogP contribution in [0.5, 0.6) is 0 Å². The second kappa shape index (κ2) is 6.98. The summed E-state index contributed by atoms with van der Waals surface area (Å²) in [5.74, 6) is -0.216. The number of aromatic carboxylic acids is 1. The summed E-state index contributed by atoms with van der Waals surface area (Å²) in [4.78, 5) is 21.2. The number of benzene rings is 1. The van der Waals surface area contributed by atoms with Gasteiger partial charge in [0.1, 0.15) is 0 Å². The molecule has 0 fully saturated rings. The monoisotopic (exact) mass is 284 g/mol. The number of carbonyl (C=O) groups is 1. The van der Waals surface area contributed by atoms with Crippen LogP contribution >= 0.6 is 11.8 Å². The Hall–Kier alpha value is -1.76. The van der Waals surface area contributed by atoms with Gasteiger partial charge in [0, 0.05) is 23.9 Å². The van der Waals surface area contributed by atoms with E-state index in [0.717, 1.165) is 18.2 Å². The molecule has 0 spiro atoms. The van der Waals surface area contributed by atoms with Crippen molar-refractivity contribution in [2.75, 3.05) is 17.3 Å². The van der Waals surface area contributed by atoms with Crippen molar-refractivity contribution in [3.05, 3.63) is 33.9 Å². The maximum atomic E-state index is 11.1. The zero-order valence-electron chi connectivity index (χ0n) is 10.8. The van der Waals surface area contributed by atoms with E-state index in [1.165, 1.54) is 12.1 Å². The molecule has 1 aromatic carbocycles. The number of carboxylic acid groups (broad SMARTS) is 1. The second-order valence-corrected chi connectivity index (χ2v) is 5.10. The lowest BCUT2D eigenvalue weighted by Crippen LogP contribution is -2.18. The highest BCUT2D eigenvalue weighted by Crippen LogP contribution is 2.23. The van der Waals surface area contributed by atoms with Crippen LogP contribution in [0.25, 0.3) is 0 Å². The molecule has 7 heteroatoms. The van der Waals surface area contributed by atoms with Crippen LogP contribution in [0.1, 0.15) is 23.7 Å². The fourth-order valence-corrected chi connectivity index (χ4v) is 2.17. The smallest absolute Gasteiger partial charge is 0.338 e. The van der Waals surface area contributed by atoms with Gasteiger partial charge in [-0.3, -0.25) is 10.1 Å². The fourth-order valence-electron chi connectivity index (χ4n) is 1.58. The van der Waals surface area contributed by atoms with Gasteiger partial charge in [-0.15, -0.1) is 0 Å². The Balaban J connectivity index is 2.94. The maximum absolute atomic E-state index is 11.1. The number of thioether (sulfide) groups is 1. The van der Waals surface area contributed by atoms with Gasteiger partial charge in [-0.1, -0.05) is 0 Å². The van der Waals surface area contributed by atoms with Gasteiger partial charge in [-0.25, -0.2) is 4.79 Å². The van der Waals surface area contributed by atoms with Gasteiger partial charge in [0.05, 0.1) is 10.5 Å². The number of nitrogens with zero attached hydrogens (tertiary/aromatic N) is 1. The molecule has 0 amide bonds. The van der Waals surface area contributed by atoms with Crippen molar-refractivity contribution in [3.8, 4) is 0 Å². The molecule has 0 aliphatic heterocycles. The van der Waals surface area contributed by atoms with Crippen molar-refractivity contribution in [1.82, 2.24) is 0 Å². The third-order valence-corrected chi connectivity index (χ3v) is 3.25. The van der Waals surface area contributed by atoms with E-state index >= 15 is 0 Å². The van der Waals surface area contributed by atoms with Crippen LogP contribution in [0.4, 0.5) is 11.4 Å². The van der Waals surface area contributed by atoms with E-state index in [9.17, 15) is 14.9 Å². The number of hydrogen-bond donors (Lipinski definition) is 2. The number of carboxylic acids is 1. The van der Waals surface area contributed by atoms with Crippen LogP contribution in [0.2, 0.25) is 0 Å². The number of rotatable bonds is 7. The summed E-state index contributed by atoms with van der Waals surface area (Å²) in [5.41, 5.74) is 0.108. The van der Waals surface area contributed by atoms with E-state index < -0.39 is 10.9 Å².